The maximum Gasteiger partial charge on any atom is 0.00764 e. The molecule has 2 heteroatoms. The summed E-state index contributed by atoms with van der Waals surface area (Å²) < 4.78 is 0. The number of nitrogens with two attached hydrogens (primary N) is 2. The summed E-state index contributed by atoms with van der Waals surface area (Å²) in [6, 6.07) is 0.306. The third-order valence-electron chi connectivity index (χ3n) is 1.87. The second-order valence-electron chi connectivity index (χ2n) is 2.63. The van der Waals surface area contributed by atoms with Crippen molar-refractivity contribution in [1.29, 1.82) is 0 Å². The first-order chi connectivity index (χ1) is 4.22. The highest BCUT2D eigenvalue weighted by atomic mass is 14.7. The minimum atomic E-state index is 0.306. The van der Waals surface area contributed by atoms with Crippen LogP contribution in [0, 0.1) is 5.92 Å². The molecule has 0 saturated carbocycles. The van der Waals surface area contributed by atoms with E-state index in [0.717, 1.165) is 12.8 Å². The highest BCUT2D eigenvalue weighted by Crippen LogP contribution is 2.06. The molecule has 0 radical (unpaired) electrons. The van der Waals surface area contributed by atoms with Crippen LogP contribution >= 0.6 is 0 Å². The van der Waals surface area contributed by atoms with Crippen molar-refractivity contribution < 1.29 is 0 Å². The van der Waals surface area contributed by atoms with E-state index < -0.39 is 0 Å². The van der Waals surface area contributed by atoms with Crippen molar-refractivity contribution in [3.05, 3.63) is 0 Å². The summed E-state index contributed by atoms with van der Waals surface area (Å²) in [7, 11) is 0. The Balaban J connectivity index is 3.32. The summed E-state index contributed by atoms with van der Waals surface area (Å²) in [5.41, 5.74) is 11.1. The summed E-state index contributed by atoms with van der Waals surface area (Å²) in [6.07, 6.45) is 2.11. The molecule has 0 aromatic carbocycles. The van der Waals surface area contributed by atoms with E-state index in [0.29, 0.717) is 18.5 Å². The van der Waals surface area contributed by atoms with Crippen LogP contribution in [0.5, 0.6) is 0 Å². The Bertz CT molecular complexity index is 63.9. The third kappa shape index (κ3) is 3.49. The van der Waals surface area contributed by atoms with Gasteiger partial charge < -0.3 is 11.5 Å². The molecule has 0 aliphatic rings. The molecule has 9 heavy (non-hydrogen) atoms. The number of rotatable bonds is 4. The van der Waals surface area contributed by atoms with Gasteiger partial charge in [-0.25, -0.2) is 0 Å². The van der Waals surface area contributed by atoms with Crippen LogP contribution < -0.4 is 11.5 Å². The van der Waals surface area contributed by atoms with E-state index in [-0.39, 0.29) is 0 Å². The van der Waals surface area contributed by atoms with Crippen molar-refractivity contribution in [2.24, 2.45) is 17.4 Å². The van der Waals surface area contributed by atoms with E-state index in [4.69, 9.17) is 11.5 Å². The molecule has 0 spiro atoms. The van der Waals surface area contributed by atoms with Crippen LogP contribution in [-0.2, 0) is 0 Å². The van der Waals surface area contributed by atoms with Crippen molar-refractivity contribution in [3.63, 3.8) is 0 Å². The molecule has 0 fully saturated rings. The van der Waals surface area contributed by atoms with E-state index in [1.807, 2.05) is 0 Å². The summed E-state index contributed by atoms with van der Waals surface area (Å²) in [4.78, 5) is 0. The van der Waals surface area contributed by atoms with E-state index in [9.17, 15) is 0 Å². The molecule has 0 unspecified atom stereocenters. The summed E-state index contributed by atoms with van der Waals surface area (Å²) in [5, 5.41) is 0. The van der Waals surface area contributed by atoms with Crippen LogP contribution in [0.1, 0.15) is 26.7 Å². The lowest BCUT2D eigenvalue weighted by Crippen LogP contribution is -2.30. The van der Waals surface area contributed by atoms with Gasteiger partial charge in [-0.1, -0.05) is 20.3 Å². The standard InChI is InChI=1S/C7H18N2/c1-3-6(2)7(9)4-5-8/h6-7H,3-5,8-9H2,1-2H3/t6-,7+/m1/s1. The predicted molar refractivity (Wildman–Crippen MR) is 41.1 cm³/mol. The van der Waals surface area contributed by atoms with Crippen molar-refractivity contribution in [1.82, 2.24) is 0 Å². The fourth-order valence-electron chi connectivity index (χ4n) is 0.780. The maximum absolute atomic E-state index is 5.76. The molecule has 2 nitrogen and oxygen atoms in total. The Hall–Kier alpha value is -0.0800. The van der Waals surface area contributed by atoms with Gasteiger partial charge in [0.2, 0.25) is 0 Å². The smallest absolute Gasteiger partial charge is 0.00764 e. The van der Waals surface area contributed by atoms with Gasteiger partial charge in [0, 0.05) is 6.04 Å². The zero-order valence-electron chi connectivity index (χ0n) is 6.43. The molecule has 0 aliphatic heterocycles. The van der Waals surface area contributed by atoms with Crippen molar-refractivity contribution >= 4 is 0 Å². The Kier molecular flexibility index (Phi) is 4.72. The van der Waals surface area contributed by atoms with Crippen molar-refractivity contribution in [3.8, 4) is 0 Å². The average Bonchev–Trinajstić information content (AvgIpc) is 1.87. The molecular weight excluding hydrogens is 112 g/mol. The minimum absolute atomic E-state index is 0.306. The van der Waals surface area contributed by atoms with E-state index >= 15 is 0 Å². The summed E-state index contributed by atoms with van der Waals surface area (Å²) in [5.74, 6) is 0.619. The predicted octanol–water partition coefficient (Wildman–Crippen LogP) is 0.709. The molecule has 0 amide bonds. The van der Waals surface area contributed by atoms with Crippen LogP contribution in [0.15, 0.2) is 0 Å². The molecule has 0 bridgehead atoms. The van der Waals surface area contributed by atoms with Crippen LogP contribution in [0.2, 0.25) is 0 Å². The van der Waals surface area contributed by atoms with E-state index in [2.05, 4.69) is 13.8 Å². The second-order valence-corrected chi connectivity index (χ2v) is 2.63. The lowest BCUT2D eigenvalue weighted by atomic mass is 9.98. The molecule has 0 saturated heterocycles. The van der Waals surface area contributed by atoms with E-state index in [1.54, 1.807) is 0 Å². The maximum atomic E-state index is 5.76. The highest BCUT2D eigenvalue weighted by molar-refractivity contribution is 4.67. The number of hydrogen-bond donors (Lipinski definition) is 2. The number of hydrogen-bond acceptors (Lipinski definition) is 2. The highest BCUT2D eigenvalue weighted by Gasteiger charge is 2.07. The Labute approximate surface area is 57.6 Å². The molecular formula is C7H18N2. The quantitative estimate of drug-likeness (QED) is 0.589. The van der Waals surface area contributed by atoms with Gasteiger partial charge in [-0.05, 0) is 18.9 Å². The van der Waals surface area contributed by atoms with Crippen molar-refractivity contribution in [2.75, 3.05) is 6.54 Å². The van der Waals surface area contributed by atoms with Gasteiger partial charge in [0.1, 0.15) is 0 Å². The summed E-state index contributed by atoms with van der Waals surface area (Å²) in [6.45, 7) is 5.03. The monoisotopic (exact) mass is 130 g/mol. The average molecular weight is 130 g/mol. The van der Waals surface area contributed by atoms with Crippen LogP contribution in [0.25, 0.3) is 0 Å². The fraction of sp³-hybridized carbons (Fsp3) is 1.00. The summed E-state index contributed by atoms with van der Waals surface area (Å²) >= 11 is 0. The molecule has 4 N–H and O–H groups in total. The van der Waals surface area contributed by atoms with Crippen LogP contribution in [-0.4, -0.2) is 12.6 Å². The second kappa shape index (κ2) is 4.77. The van der Waals surface area contributed by atoms with Crippen LogP contribution in [0.4, 0.5) is 0 Å². The van der Waals surface area contributed by atoms with Gasteiger partial charge >= 0.3 is 0 Å². The SMILES string of the molecule is CC[C@@H](C)[C@@H](N)CCN. The largest absolute Gasteiger partial charge is 0.330 e. The Morgan fingerprint density at radius 1 is 1.44 bits per heavy atom. The van der Waals surface area contributed by atoms with Crippen molar-refractivity contribution in [2.45, 2.75) is 32.7 Å². The van der Waals surface area contributed by atoms with Gasteiger partial charge in [-0.2, -0.15) is 0 Å². The Morgan fingerprint density at radius 3 is 2.33 bits per heavy atom. The van der Waals surface area contributed by atoms with Gasteiger partial charge in [0.15, 0.2) is 0 Å². The molecule has 0 aromatic rings. The lowest BCUT2D eigenvalue weighted by molar-refractivity contribution is 0.424. The molecule has 2 atom stereocenters. The molecule has 56 valence electrons. The molecule has 0 rings (SSSR count). The minimum Gasteiger partial charge on any atom is -0.330 e. The Morgan fingerprint density at radius 2 is 2.00 bits per heavy atom. The molecule has 0 aliphatic carbocycles. The fourth-order valence-corrected chi connectivity index (χ4v) is 0.780. The van der Waals surface area contributed by atoms with Gasteiger partial charge in [-0.15, -0.1) is 0 Å². The molecule has 0 heterocycles. The zero-order chi connectivity index (χ0) is 7.28. The first kappa shape index (κ1) is 8.92. The first-order valence-electron chi connectivity index (χ1n) is 3.68. The van der Waals surface area contributed by atoms with Crippen LogP contribution in [0.3, 0.4) is 0 Å². The zero-order valence-corrected chi connectivity index (χ0v) is 6.43. The van der Waals surface area contributed by atoms with Gasteiger partial charge in [-0.3, -0.25) is 0 Å². The van der Waals surface area contributed by atoms with Gasteiger partial charge in [0.05, 0.1) is 0 Å². The normalized spacial score (nSPS) is 17.3. The topological polar surface area (TPSA) is 52.0 Å². The van der Waals surface area contributed by atoms with Gasteiger partial charge in [0.25, 0.3) is 0 Å². The van der Waals surface area contributed by atoms with E-state index in [1.165, 1.54) is 0 Å². The third-order valence-corrected chi connectivity index (χ3v) is 1.87. The first-order valence-corrected chi connectivity index (χ1v) is 3.68. The molecule has 0 aromatic heterocycles. The lowest BCUT2D eigenvalue weighted by Gasteiger charge is -2.16.